The van der Waals surface area contributed by atoms with Crippen LogP contribution in [0.4, 0.5) is 0 Å². The van der Waals surface area contributed by atoms with Crippen LogP contribution < -0.4 is 10.1 Å². The number of rotatable bonds is 10. The van der Waals surface area contributed by atoms with Crippen molar-refractivity contribution < 1.29 is 19.0 Å². The molecule has 5 heteroatoms. The molecule has 1 amide bonds. The lowest BCUT2D eigenvalue weighted by molar-refractivity contribution is -0.131. The summed E-state index contributed by atoms with van der Waals surface area (Å²) in [6, 6.07) is 7.74. The lowest BCUT2D eigenvalue weighted by atomic mass is 10.2. The third-order valence-electron chi connectivity index (χ3n) is 3.91. The van der Waals surface area contributed by atoms with Gasteiger partial charge in [-0.3, -0.25) is 4.79 Å². The maximum Gasteiger partial charge on any atom is 0.249 e. The third kappa shape index (κ3) is 6.34. The molecule has 0 saturated carbocycles. The van der Waals surface area contributed by atoms with Gasteiger partial charge >= 0.3 is 0 Å². The Kier molecular flexibility index (Phi) is 7.79. The van der Waals surface area contributed by atoms with E-state index in [0.717, 1.165) is 37.2 Å². The van der Waals surface area contributed by atoms with Gasteiger partial charge in [0.2, 0.25) is 5.91 Å². The first-order valence-corrected chi connectivity index (χ1v) is 8.52. The van der Waals surface area contributed by atoms with Crippen molar-refractivity contribution in [1.29, 1.82) is 0 Å². The molecule has 0 spiro atoms. The monoisotopic (exact) mass is 333 g/mol. The zero-order valence-corrected chi connectivity index (χ0v) is 14.3. The van der Waals surface area contributed by atoms with Crippen LogP contribution in [0.25, 0.3) is 0 Å². The van der Waals surface area contributed by atoms with Crippen LogP contribution in [-0.4, -0.2) is 37.9 Å². The molecule has 1 fully saturated rings. The van der Waals surface area contributed by atoms with Gasteiger partial charge in [-0.25, -0.2) is 0 Å². The summed E-state index contributed by atoms with van der Waals surface area (Å²) in [6.45, 7) is 7.78. The quantitative estimate of drug-likeness (QED) is 0.528. The summed E-state index contributed by atoms with van der Waals surface area (Å²) >= 11 is 0. The summed E-state index contributed by atoms with van der Waals surface area (Å²) in [4.78, 5) is 11.9. The Hall–Kier alpha value is -1.85. The second-order valence-corrected chi connectivity index (χ2v) is 5.90. The zero-order chi connectivity index (χ0) is 17.2. The molecule has 0 unspecified atom stereocenters. The summed E-state index contributed by atoms with van der Waals surface area (Å²) in [6.07, 6.45) is 4.45. The van der Waals surface area contributed by atoms with Crippen molar-refractivity contribution in [3.8, 4) is 5.75 Å². The second kappa shape index (κ2) is 10.1. The van der Waals surface area contributed by atoms with Crippen molar-refractivity contribution in [2.45, 2.75) is 44.9 Å². The lowest BCUT2D eigenvalue weighted by Gasteiger charge is -2.14. The largest absolute Gasteiger partial charge is 0.491 e. The van der Waals surface area contributed by atoms with Gasteiger partial charge in [-0.05, 0) is 43.9 Å². The molecule has 1 aliphatic rings. The van der Waals surface area contributed by atoms with Gasteiger partial charge in [0.1, 0.15) is 18.5 Å². The van der Waals surface area contributed by atoms with E-state index in [1.807, 2.05) is 24.3 Å². The second-order valence-electron chi connectivity index (χ2n) is 5.90. The normalized spacial score (nSPS) is 18.1. The van der Waals surface area contributed by atoms with Gasteiger partial charge in [0.15, 0.2) is 0 Å². The van der Waals surface area contributed by atoms with Crippen molar-refractivity contribution in [2.75, 3.05) is 19.8 Å². The molecular formula is C19H27NO4. The first kappa shape index (κ1) is 18.5. The molecule has 1 saturated heterocycles. The zero-order valence-electron chi connectivity index (χ0n) is 14.3. The Labute approximate surface area is 144 Å². The molecule has 2 rings (SSSR count). The first-order valence-electron chi connectivity index (χ1n) is 8.52. The lowest BCUT2D eigenvalue weighted by Crippen LogP contribution is -2.34. The average Bonchev–Trinajstić information content (AvgIpc) is 3.12. The van der Waals surface area contributed by atoms with E-state index >= 15 is 0 Å². The number of benzene rings is 1. The third-order valence-corrected chi connectivity index (χ3v) is 3.91. The summed E-state index contributed by atoms with van der Waals surface area (Å²) in [5.41, 5.74) is 1.02. The number of carbonyl (C=O) groups excluding carboxylic acids is 1. The van der Waals surface area contributed by atoms with E-state index in [1.54, 1.807) is 13.0 Å². The van der Waals surface area contributed by atoms with Gasteiger partial charge in [-0.15, -0.1) is 6.58 Å². The maximum absolute atomic E-state index is 11.9. The van der Waals surface area contributed by atoms with E-state index in [9.17, 15) is 4.79 Å². The number of hydrogen-bond acceptors (Lipinski definition) is 4. The molecule has 1 aromatic carbocycles. The molecule has 1 aromatic rings. The summed E-state index contributed by atoms with van der Waals surface area (Å²) in [5, 5.41) is 2.87. The van der Waals surface area contributed by atoms with E-state index in [4.69, 9.17) is 14.2 Å². The molecule has 0 aromatic heterocycles. The fraction of sp³-hybridized carbons (Fsp3) is 0.526. The number of carbonyl (C=O) groups is 1. The predicted octanol–water partition coefficient (Wildman–Crippen LogP) is 2.84. The summed E-state index contributed by atoms with van der Waals surface area (Å²) in [7, 11) is 0. The van der Waals surface area contributed by atoms with E-state index in [1.165, 1.54) is 0 Å². The maximum atomic E-state index is 11.9. The standard InChI is InChI=1S/C19H27NO4/c1-3-4-11-22-15(2)19(21)20-13-16-7-9-17(10-8-16)24-14-18-6-5-12-23-18/h3,7-10,15,18H,1,4-6,11-14H2,2H3,(H,20,21)/t15-,18-/m0/s1. The fourth-order valence-corrected chi connectivity index (χ4v) is 2.41. The molecular weight excluding hydrogens is 306 g/mol. The van der Waals surface area contributed by atoms with Crippen LogP contribution in [0.5, 0.6) is 5.75 Å². The SMILES string of the molecule is C=CCCO[C@@H](C)C(=O)NCc1ccc(OC[C@@H]2CCCO2)cc1. The highest BCUT2D eigenvalue weighted by molar-refractivity contribution is 5.80. The minimum Gasteiger partial charge on any atom is -0.491 e. The number of ether oxygens (including phenoxy) is 3. The Morgan fingerprint density at radius 2 is 2.25 bits per heavy atom. The summed E-state index contributed by atoms with van der Waals surface area (Å²) < 4.78 is 16.7. The highest BCUT2D eigenvalue weighted by atomic mass is 16.5. The molecule has 5 nitrogen and oxygen atoms in total. The topological polar surface area (TPSA) is 56.8 Å². The van der Waals surface area contributed by atoms with Crippen LogP contribution in [0.2, 0.25) is 0 Å². The van der Waals surface area contributed by atoms with Gasteiger partial charge in [0.05, 0.1) is 12.7 Å². The van der Waals surface area contributed by atoms with Gasteiger partial charge in [-0.2, -0.15) is 0 Å². The highest BCUT2D eigenvalue weighted by Gasteiger charge is 2.16. The molecule has 1 heterocycles. The molecule has 1 N–H and O–H groups in total. The Morgan fingerprint density at radius 1 is 1.46 bits per heavy atom. The Bertz CT molecular complexity index is 509. The van der Waals surface area contributed by atoms with E-state index in [2.05, 4.69) is 11.9 Å². The fourth-order valence-electron chi connectivity index (χ4n) is 2.41. The smallest absolute Gasteiger partial charge is 0.249 e. The van der Waals surface area contributed by atoms with E-state index in [-0.39, 0.29) is 12.0 Å². The van der Waals surface area contributed by atoms with Crippen LogP contribution in [-0.2, 0) is 20.8 Å². The van der Waals surface area contributed by atoms with Crippen molar-refractivity contribution in [3.05, 3.63) is 42.5 Å². The molecule has 0 bridgehead atoms. The molecule has 132 valence electrons. The molecule has 0 radical (unpaired) electrons. The molecule has 1 aliphatic heterocycles. The van der Waals surface area contributed by atoms with Crippen molar-refractivity contribution in [1.82, 2.24) is 5.32 Å². The predicted molar refractivity (Wildman–Crippen MR) is 93.0 cm³/mol. The number of nitrogens with one attached hydrogen (secondary N) is 1. The minimum atomic E-state index is -0.459. The van der Waals surface area contributed by atoms with Crippen LogP contribution in [0, 0.1) is 0 Å². The van der Waals surface area contributed by atoms with Gasteiger partial charge in [0, 0.05) is 13.2 Å². The molecule has 0 aliphatic carbocycles. The van der Waals surface area contributed by atoms with Crippen LogP contribution in [0.1, 0.15) is 31.7 Å². The van der Waals surface area contributed by atoms with Gasteiger partial charge < -0.3 is 19.5 Å². The Morgan fingerprint density at radius 3 is 2.92 bits per heavy atom. The highest BCUT2D eigenvalue weighted by Crippen LogP contribution is 2.16. The van der Waals surface area contributed by atoms with Crippen molar-refractivity contribution in [2.24, 2.45) is 0 Å². The van der Waals surface area contributed by atoms with E-state index in [0.29, 0.717) is 19.8 Å². The van der Waals surface area contributed by atoms with Crippen LogP contribution in [0.3, 0.4) is 0 Å². The van der Waals surface area contributed by atoms with Crippen molar-refractivity contribution >= 4 is 5.91 Å². The van der Waals surface area contributed by atoms with E-state index < -0.39 is 6.10 Å². The first-order chi connectivity index (χ1) is 11.7. The number of amides is 1. The van der Waals surface area contributed by atoms with Crippen LogP contribution >= 0.6 is 0 Å². The number of hydrogen-bond donors (Lipinski definition) is 1. The molecule has 2 atom stereocenters. The minimum absolute atomic E-state index is 0.113. The molecule has 24 heavy (non-hydrogen) atoms. The van der Waals surface area contributed by atoms with Crippen molar-refractivity contribution in [3.63, 3.8) is 0 Å². The van der Waals surface area contributed by atoms with Crippen LogP contribution in [0.15, 0.2) is 36.9 Å². The van der Waals surface area contributed by atoms with Gasteiger partial charge in [0.25, 0.3) is 0 Å². The van der Waals surface area contributed by atoms with Gasteiger partial charge in [-0.1, -0.05) is 18.2 Å². The Balaban J connectivity index is 1.68. The summed E-state index contributed by atoms with van der Waals surface area (Å²) in [5.74, 6) is 0.708. The average molecular weight is 333 g/mol.